The van der Waals surface area contributed by atoms with Crippen molar-refractivity contribution in [3.63, 3.8) is 0 Å². The molecule has 1 nitrogen and oxygen atoms in total. The molecule has 0 atom stereocenters. The SMILES string of the molecule is CC1(C)c2cc(Br)ccc2Cc2c(N)cccc21. The number of nitrogens with two attached hydrogens (primary N) is 1. The molecule has 3 rings (SSSR count). The highest BCUT2D eigenvalue weighted by Crippen LogP contribution is 2.43. The zero-order chi connectivity index (χ0) is 12.9. The highest BCUT2D eigenvalue weighted by molar-refractivity contribution is 9.10. The molecule has 2 heteroatoms. The van der Waals surface area contributed by atoms with Crippen molar-refractivity contribution in [3.05, 3.63) is 63.1 Å². The lowest BCUT2D eigenvalue weighted by Gasteiger charge is -2.36. The van der Waals surface area contributed by atoms with Gasteiger partial charge in [-0.3, -0.25) is 0 Å². The Kier molecular flexibility index (Phi) is 2.53. The summed E-state index contributed by atoms with van der Waals surface area (Å²) in [4.78, 5) is 0. The van der Waals surface area contributed by atoms with Crippen molar-refractivity contribution in [2.24, 2.45) is 0 Å². The number of hydrogen-bond donors (Lipinski definition) is 1. The minimum Gasteiger partial charge on any atom is -0.398 e. The van der Waals surface area contributed by atoms with Crippen molar-refractivity contribution in [1.29, 1.82) is 0 Å². The lowest BCUT2D eigenvalue weighted by atomic mass is 9.69. The van der Waals surface area contributed by atoms with Crippen molar-refractivity contribution in [1.82, 2.24) is 0 Å². The number of nitrogen functional groups attached to an aromatic ring is 1. The molecule has 0 radical (unpaired) electrons. The van der Waals surface area contributed by atoms with Crippen molar-refractivity contribution in [3.8, 4) is 0 Å². The van der Waals surface area contributed by atoms with Crippen LogP contribution < -0.4 is 5.73 Å². The molecule has 0 fully saturated rings. The van der Waals surface area contributed by atoms with Crippen LogP contribution in [0.3, 0.4) is 0 Å². The molecule has 0 spiro atoms. The van der Waals surface area contributed by atoms with E-state index in [1.165, 1.54) is 22.3 Å². The van der Waals surface area contributed by atoms with Gasteiger partial charge in [0.15, 0.2) is 0 Å². The Morgan fingerprint density at radius 2 is 1.89 bits per heavy atom. The standard InChI is InChI=1S/C16H16BrN/c1-16(2)13-4-3-5-15(18)12(13)8-10-6-7-11(17)9-14(10)16/h3-7,9H,8,18H2,1-2H3. The van der Waals surface area contributed by atoms with Crippen molar-refractivity contribution < 1.29 is 0 Å². The van der Waals surface area contributed by atoms with E-state index >= 15 is 0 Å². The molecule has 0 saturated heterocycles. The van der Waals surface area contributed by atoms with E-state index in [0.29, 0.717) is 0 Å². The third kappa shape index (κ3) is 1.59. The quantitative estimate of drug-likeness (QED) is 0.723. The number of halogens is 1. The Bertz CT molecular complexity index is 625. The Morgan fingerprint density at radius 3 is 2.67 bits per heavy atom. The van der Waals surface area contributed by atoms with Crippen LogP contribution in [0.15, 0.2) is 40.9 Å². The van der Waals surface area contributed by atoms with Gasteiger partial charge in [0.25, 0.3) is 0 Å². The number of fused-ring (bicyclic) bond motifs is 2. The molecule has 0 heterocycles. The molecule has 2 aromatic carbocycles. The predicted octanol–water partition coefficient (Wildman–Crippen LogP) is 4.26. The van der Waals surface area contributed by atoms with Crippen LogP contribution in [0.4, 0.5) is 5.69 Å². The summed E-state index contributed by atoms with van der Waals surface area (Å²) in [6.07, 6.45) is 0.939. The third-order valence-electron chi connectivity index (χ3n) is 4.00. The van der Waals surface area contributed by atoms with E-state index in [2.05, 4.69) is 60.1 Å². The van der Waals surface area contributed by atoms with Gasteiger partial charge >= 0.3 is 0 Å². The van der Waals surface area contributed by atoms with Gasteiger partial charge in [0, 0.05) is 22.0 Å². The monoisotopic (exact) mass is 301 g/mol. The lowest BCUT2D eigenvalue weighted by molar-refractivity contribution is 0.611. The maximum Gasteiger partial charge on any atom is 0.0353 e. The zero-order valence-electron chi connectivity index (χ0n) is 10.6. The van der Waals surface area contributed by atoms with E-state index in [1.807, 2.05) is 6.07 Å². The molecular formula is C16H16BrN. The van der Waals surface area contributed by atoms with E-state index in [4.69, 9.17) is 5.73 Å². The van der Waals surface area contributed by atoms with Crippen LogP contribution in [0.2, 0.25) is 0 Å². The molecule has 0 bridgehead atoms. The Labute approximate surface area is 116 Å². The molecule has 0 aliphatic heterocycles. The highest BCUT2D eigenvalue weighted by atomic mass is 79.9. The molecule has 0 aromatic heterocycles. The van der Waals surface area contributed by atoms with Crippen LogP contribution in [0.5, 0.6) is 0 Å². The summed E-state index contributed by atoms with van der Waals surface area (Å²) in [6.45, 7) is 4.55. The van der Waals surface area contributed by atoms with Crippen LogP contribution in [-0.4, -0.2) is 0 Å². The van der Waals surface area contributed by atoms with Crippen LogP contribution in [0.1, 0.15) is 36.1 Å². The molecule has 1 aliphatic carbocycles. The maximum atomic E-state index is 6.14. The second-order valence-corrected chi connectivity index (χ2v) is 6.39. The topological polar surface area (TPSA) is 26.0 Å². The fraction of sp³-hybridized carbons (Fsp3) is 0.250. The maximum absolute atomic E-state index is 6.14. The van der Waals surface area contributed by atoms with Gasteiger partial charge in [-0.2, -0.15) is 0 Å². The summed E-state index contributed by atoms with van der Waals surface area (Å²) in [6, 6.07) is 12.8. The van der Waals surface area contributed by atoms with Crippen molar-refractivity contribution >= 4 is 21.6 Å². The summed E-state index contributed by atoms with van der Waals surface area (Å²) < 4.78 is 1.14. The minimum atomic E-state index is 0.0159. The van der Waals surface area contributed by atoms with Gasteiger partial charge < -0.3 is 5.73 Å². The summed E-state index contributed by atoms with van der Waals surface area (Å²) >= 11 is 3.57. The van der Waals surface area contributed by atoms with Gasteiger partial charge in [-0.05, 0) is 40.5 Å². The Hall–Kier alpha value is -1.28. The van der Waals surface area contributed by atoms with Crippen molar-refractivity contribution in [2.75, 3.05) is 5.73 Å². The first-order valence-corrected chi connectivity index (χ1v) is 6.96. The summed E-state index contributed by atoms with van der Waals surface area (Å²) in [5, 5.41) is 0. The van der Waals surface area contributed by atoms with E-state index in [9.17, 15) is 0 Å². The van der Waals surface area contributed by atoms with Gasteiger partial charge in [0.1, 0.15) is 0 Å². The smallest absolute Gasteiger partial charge is 0.0353 e. The van der Waals surface area contributed by atoms with E-state index in [1.54, 1.807) is 0 Å². The summed E-state index contributed by atoms with van der Waals surface area (Å²) in [5.74, 6) is 0. The molecule has 1 aliphatic rings. The van der Waals surface area contributed by atoms with E-state index < -0.39 is 0 Å². The van der Waals surface area contributed by atoms with Gasteiger partial charge in [0.2, 0.25) is 0 Å². The number of benzene rings is 2. The van der Waals surface area contributed by atoms with Crippen molar-refractivity contribution in [2.45, 2.75) is 25.7 Å². The average Bonchev–Trinajstić information content (AvgIpc) is 2.32. The molecule has 92 valence electrons. The third-order valence-corrected chi connectivity index (χ3v) is 4.49. The van der Waals surface area contributed by atoms with E-state index in [-0.39, 0.29) is 5.41 Å². The van der Waals surface area contributed by atoms with Crippen LogP contribution in [-0.2, 0) is 11.8 Å². The van der Waals surface area contributed by atoms with Crippen LogP contribution >= 0.6 is 15.9 Å². The molecule has 0 amide bonds. The number of hydrogen-bond acceptors (Lipinski definition) is 1. The fourth-order valence-electron chi connectivity index (χ4n) is 3.01. The predicted molar refractivity (Wildman–Crippen MR) is 79.9 cm³/mol. The van der Waals surface area contributed by atoms with Gasteiger partial charge in [0.05, 0.1) is 0 Å². The lowest BCUT2D eigenvalue weighted by Crippen LogP contribution is -2.27. The highest BCUT2D eigenvalue weighted by Gasteiger charge is 2.33. The zero-order valence-corrected chi connectivity index (χ0v) is 12.2. The first-order valence-electron chi connectivity index (χ1n) is 6.17. The summed E-state index contributed by atoms with van der Waals surface area (Å²) in [7, 11) is 0. The average molecular weight is 302 g/mol. The van der Waals surface area contributed by atoms with E-state index in [0.717, 1.165) is 16.6 Å². The first kappa shape index (κ1) is 11.8. The Morgan fingerprint density at radius 1 is 1.11 bits per heavy atom. The molecular weight excluding hydrogens is 286 g/mol. The summed E-state index contributed by atoms with van der Waals surface area (Å²) in [5.41, 5.74) is 12.5. The second kappa shape index (κ2) is 3.86. The molecule has 2 aromatic rings. The molecule has 0 unspecified atom stereocenters. The van der Waals surface area contributed by atoms with Gasteiger partial charge in [-0.1, -0.05) is 48.0 Å². The molecule has 18 heavy (non-hydrogen) atoms. The number of anilines is 1. The van der Waals surface area contributed by atoms with Crippen LogP contribution in [0.25, 0.3) is 0 Å². The normalized spacial score (nSPS) is 15.9. The van der Waals surface area contributed by atoms with Gasteiger partial charge in [-0.15, -0.1) is 0 Å². The minimum absolute atomic E-state index is 0.0159. The van der Waals surface area contributed by atoms with Gasteiger partial charge in [-0.25, -0.2) is 0 Å². The number of rotatable bonds is 0. The second-order valence-electron chi connectivity index (χ2n) is 5.48. The first-order chi connectivity index (χ1) is 8.50. The Balaban J connectivity index is 2.30. The fourth-order valence-corrected chi connectivity index (χ4v) is 3.37. The molecule has 0 saturated carbocycles. The largest absolute Gasteiger partial charge is 0.398 e. The molecule has 2 N–H and O–H groups in total. The van der Waals surface area contributed by atoms with Crippen LogP contribution in [0, 0.1) is 0 Å².